The van der Waals surface area contributed by atoms with Crippen molar-refractivity contribution in [3.63, 3.8) is 0 Å². The summed E-state index contributed by atoms with van der Waals surface area (Å²) in [5, 5.41) is 4.02. The van der Waals surface area contributed by atoms with E-state index in [0.29, 0.717) is 5.02 Å². The average molecular weight is 268 g/mol. The molecule has 0 bridgehead atoms. The summed E-state index contributed by atoms with van der Waals surface area (Å²) in [6.07, 6.45) is 2.61. The highest BCUT2D eigenvalue weighted by Gasteiger charge is 2.25. The fourth-order valence-electron chi connectivity index (χ4n) is 2.18. The van der Waals surface area contributed by atoms with Gasteiger partial charge in [-0.2, -0.15) is 0 Å². The molecule has 1 heterocycles. The largest absolute Gasteiger partial charge is 0.491 e. The smallest absolute Gasteiger partial charge is 0.143 e. The Morgan fingerprint density at radius 3 is 3.00 bits per heavy atom. The second-order valence-electron chi connectivity index (χ2n) is 4.98. The van der Waals surface area contributed by atoms with Gasteiger partial charge in [-0.05, 0) is 24.8 Å². The third-order valence-corrected chi connectivity index (χ3v) is 3.73. The first-order valence-electron chi connectivity index (χ1n) is 6.58. The average Bonchev–Trinajstić information content (AvgIpc) is 3.22. The normalized spacial score (nSPS) is 23.9. The number of hydrogen-bond acceptors (Lipinski definition) is 3. The van der Waals surface area contributed by atoms with Crippen molar-refractivity contribution in [3.05, 3.63) is 28.8 Å². The van der Waals surface area contributed by atoms with Crippen LogP contribution in [0.1, 0.15) is 24.5 Å². The number of benzene rings is 1. The van der Waals surface area contributed by atoms with Crippen molar-refractivity contribution in [1.82, 2.24) is 5.32 Å². The number of morpholine rings is 1. The first-order chi connectivity index (χ1) is 8.84. The molecule has 3 rings (SSSR count). The third-order valence-electron chi connectivity index (χ3n) is 3.43. The highest BCUT2D eigenvalue weighted by molar-refractivity contribution is 6.32. The molecule has 2 fully saturated rings. The summed E-state index contributed by atoms with van der Waals surface area (Å²) in [5.74, 6) is 1.53. The maximum absolute atomic E-state index is 6.25. The van der Waals surface area contributed by atoms with Crippen molar-refractivity contribution < 1.29 is 9.47 Å². The Balaban J connectivity index is 1.79. The summed E-state index contributed by atoms with van der Waals surface area (Å²) in [5.41, 5.74) is 1.07. The molecule has 1 saturated heterocycles. The quantitative estimate of drug-likeness (QED) is 0.910. The molecule has 1 unspecified atom stereocenters. The molecule has 1 aliphatic carbocycles. The monoisotopic (exact) mass is 267 g/mol. The molecule has 3 nitrogen and oxygen atoms in total. The van der Waals surface area contributed by atoms with Crippen LogP contribution < -0.4 is 10.1 Å². The highest BCUT2D eigenvalue weighted by Crippen LogP contribution is 2.37. The van der Waals surface area contributed by atoms with Crippen molar-refractivity contribution in [3.8, 4) is 5.75 Å². The van der Waals surface area contributed by atoms with Crippen LogP contribution in [0.15, 0.2) is 18.2 Å². The van der Waals surface area contributed by atoms with Gasteiger partial charge in [-0.25, -0.2) is 0 Å². The Morgan fingerprint density at radius 1 is 1.39 bits per heavy atom. The molecule has 1 aromatic carbocycles. The van der Waals surface area contributed by atoms with E-state index in [1.54, 1.807) is 0 Å². The molecule has 0 amide bonds. The van der Waals surface area contributed by atoms with Crippen LogP contribution in [0.3, 0.4) is 0 Å². The Morgan fingerprint density at radius 2 is 2.28 bits per heavy atom. The summed E-state index contributed by atoms with van der Waals surface area (Å²) in [6.45, 7) is 3.24. The summed E-state index contributed by atoms with van der Waals surface area (Å²) in [6, 6.07) is 5.88. The Kier molecular flexibility index (Phi) is 3.73. The Labute approximate surface area is 112 Å². The minimum Gasteiger partial charge on any atom is -0.491 e. The van der Waals surface area contributed by atoms with Crippen LogP contribution in [-0.4, -0.2) is 26.3 Å². The first-order valence-corrected chi connectivity index (χ1v) is 6.96. The number of nitrogens with one attached hydrogen (secondary N) is 1. The van der Waals surface area contributed by atoms with Gasteiger partial charge in [-0.15, -0.1) is 0 Å². The van der Waals surface area contributed by atoms with Crippen LogP contribution >= 0.6 is 11.6 Å². The fourth-order valence-corrected chi connectivity index (χ4v) is 2.42. The van der Waals surface area contributed by atoms with Gasteiger partial charge >= 0.3 is 0 Å². The minimum atomic E-state index is 0.0478. The number of rotatable bonds is 4. The zero-order valence-corrected chi connectivity index (χ0v) is 11.1. The highest BCUT2D eigenvalue weighted by atomic mass is 35.5. The standard InChI is InChI=1S/C14H18ClNO2/c15-12-3-1-2-11(13-8-16-6-7-17-13)14(12)18-9-10-4-5-10/h1-3,10,13,16H,4-9H2. The number of para-hydroxylation sites is 1. The van der Waals surface area contributed by atoms with Gasteiger partial charge in [-0.3, -0.25) is 0 Å². The van der Waals surface area contributed by atoms with Crippen LogP contribution in [0, 0.1) is 5.92 Å². The molecular formula is C14H18ClNO2. The number of hydrogen-bond donors (Lipinski definition) is 1. The van der Waals surface area contributed by atoms with Crippen LogP contribution in [-0.2, 0) is 4.74 Å². The van der Waals surface area contributed by atoms with Gasteiger partial charge in [0.2, 0.25) is 0 Å². The molecule has 1 aromatic rings. The predicted octanol–water partition coefficient (Wildman–Crippen LogP) is 2.79. The van der Waals surface area contributed by atoms with Crippen LogP contribution in [0.5, 0.6) is 5.75 Å². The third kappa shape index (κ3) is 2.79. The van der Waals surface area contributed by atoms with Gasteiger partial charge < -0.3 is 14.8 Å². The Bertz CT molecular complexity index is 414. The summed E-state index contributed by atoms with van der Waals surface area (Å²) >= 11 is 6.25. The molecule has 0 aromatic heterocycles. The van der Waals surface area contributed by atoms with Gasteiger partial charge in [0.1, 0.15) is 5.75 Å². The SMILES string of the molecule is Clc1cccc(C2CNCCO2)c1OCC1CC1. The van der Waals surface area contributed by atoms with Gasteiger partial charge in [0.05, 0.1) is 24.3 Å². The lowest BCUT2D eigenvalue weighted by Crippen LogP contribution is -2.33. The van der Waals surface area contributed by atoms with E-state index < -0.39 is 0 Å². The van der Waals surface area contributed by atoms with Gasteiger partial charge in [0.25, 0.3) is 0 Å². The van der Waals surface area contributed by atoms with Gasteiger partial charge in [-0.1, -0.05) is 23.7 Å². The summed E-state index contributed by atoms with van der Waals surface area (Å²) in [7, 11) is 0. The van der Waals surface area contributed by atoms with E-state index in [1.165, 1.54) is 12.8 Å². The van der Waals surface area contributed by atoms with E-state index in [0.717, 1.165) is 43.5 Å². The first kappa shape index (κ1) is 12.3. The van der Waals surface area contributed by atoms with Gasteiger partial charge in [0, 0.05) is 18.7 Å². The van der Waals surface area contributed by atoms with Crippen molar-refractivity contribution in [2.75, 3.05) is 26.3 Å². The lowest BCUT2D eigenvalue weighted by atomic mass is 10.1. The molecule has 1 aliphatic heterocycles. The molecule has 1 atom stereocenters. The molecular weight excluding hydrogens is 250 g/mol. The molecule has 98 valence electrons. The molecule has 2 aliphatic rings. The number of ether oxygens (including phenoxy) is 2. The molecule has 4 heteroatoms. The maximum atomic E-state index is 6.25. The minimum absolute atomic E-state index is 0.0478. The molecule has 1 saturated carbocycles. The van der Waals surface area contributed by atoms with Crippen LogP contribution in [0.25, 0.3) is 0 Å². The van der Waals surface area contributed by atoms with Crippen LogP contribution in [0.4, 0.5) is 0 Å². The molecule has 1 N–H and O–H groups in total. The maximum Gasteiger partial charge on any atom is 0.143 e. The lowest BCUT2D eigenvalue weighted by molar-refractivity contribution is 0.0258. The topological polar surface area (TPSA) is 30.5 Å². The predicted molar refractivity (Wildman–Crippen MR) is 71.2 cm³/mol. The molecule has 18 heavy (non-hydrogen) atoms. The zero-order valence-electron chi connectivity index (χ0n) is 10.3. The van der Waals surface area contributed by atoms with E-state index >= 15 is 0 Å². The van der Waals surface area contributed by atoms with Crippen molar-refractivity contribution in [1.29, 1.82) is 0 Å². The molecule has 0 spiro atoms. The lowest BCUT2D eigenvalue weighted by Gasteiger charge is -2.26. The number of halogens is 1. The van der Waals surface area contributed by atoms with Crippen molar-refractivity contribution in [2.24, 2.45) is 5.92 Å². The van der Waals surface area contributed by atoms with E-state index in [1.807, 2.05) is 18.2 Å². The van der Waals surface area contributed by atoms with E-state index in [9.17, 15) is 0 Å². The second kappa shape index (κ2) is 5.47. The van der Waals surface area contributed by atoms with Crippen molar-refractivity contribution >= 4 is 11.6 Å². The zero-order chi connectivity index (χ0) is 12.4. The fraction of sp³-hybridized carbons (Fsp3) is 0.571. The molecule has 0 radical (unpaired) electrons. The summed E-state index contributed by atoms with van der Waals surface area (Å²) < 4.78 is 11.7. The second-order valence-corrected chi connectivity index (χ2v) is 5.38. The van der Waals surface area contributed by atoms with Crippen molar-refractivity contribution in [2.45, 2.75) is 18.9 Å². The van der Waals surface area contributed by atoms with E-state index in [-0.39, 0.29) is 6.10 Å². The Hall–Kier alpha value is -0.770. The van der Waals surface area contributed by atoms with E-state index in [4.69, 9.17) is 21.1 Å². The van der Waals surface area contributed by atoms with E-state index in [2.05, 4.69) is 5.32 Å². The van der Waals surface area contributed by atoms with Crippen LogP contribution in [0.2, 0.25) is 5.02 Å². The van der Waals surface area contributed by atoms with Gasteiger partial charge in [0.15, 0.2) is 0 Å². The summed E-state index contributed by atoms with van der Waals surface area (Å²) in [4.78, 5) is 0.